The van der Waals surface area contributed by atoms with Crippen LogP contribution in [-0.4, -0.2) is 30.6 Å². The lowest BCUT2D eigenvalue weighted by Gasteiger charge is -2.18. The number of ether oxygens (including phenoxy) is 2. The van der Waals surface area contributed by atoms with Gasteiger partial charge in [-0.05, 0) is 81.3 Å². The first kappa shape index (κ1) is 22.4. The molecule has 1 N–H and O–H groups in total. The lowest BCUT2D eigenvalue weighted by Crippen LogP contribution is -2.25. The van der Waals surface area contributed by atoms with Crippen molar-refractivity contribution in [2.75, 3.05) is 19.8 Å². The largest absolute Gasteiger partial charge is 0.490 e. The predicted octanol–water partition coefficient (Wildman–Crippen LogP) is 5.54. The fourth-order valence-electron chi connectivity index (χ4n) is 4.18. The Bertz CT molecular complexity index is 1130. The number of nitrogens with zero attached hydrogens (tertiary/aromatic N) is 1. The predicted molar refractivity (Wildman–Crippen MR) is 128 cm³/mol. The number of fused-ring (bicyclic) bond motifs is 2. The molecule has 6 heteroatoms. The first-order valence-electron chi connectivity index (χ1n) is 11.4. The second kappa shape index (κ2) is 10.2. The van der Waals surface area contributed by atoms with Crippen molar-refractivity contribution in [3.63, 3.8) is 0 Å². The van der Waals surface area contributed by atoms with E-state index in [1.54, 1.807) is 0 Å². The minimum atomic E-state index is -0.112. The molecule has 0 fully saturated rings. The van der Waals surface area contributed by atoms with Crippen molar-refractivity contribution in [1.29, 1.82) is 0 Å². The number of hydrogen-bond donors (Lipinski definition) is 1. The van der Waals surface area contributed by atoms with Crippen molar-refractivity contribution in [3.8, 4) is 11.5 Å². The average Bonchev–Trinajstić information content (AvgIpc) is 2.81. The van der Waals surface area contributed by atoms with E-state index in [-0.39, 0.29) is 5.91 Å². The molecule has 2 aromatic carbocycles. The maximum absolute atomic E-state index is 12.7. The van der Waals surface area contributed by atoms with Crippen molar-refractivity contribution in [2.45, 2.75) is 46.0 Å². The fraction of sp³-hybridized carbons (Fsp3) is 0.385. The molecule has 1 aliphatic rings. The van der Waals surface area contributed by atoms with Crippen LogP contribution in [0.5, 0.6) is 11.5 Å². The lowest BCUT2D eigenvalue weighted by molar-refractivity contribution is 0.0954. The number of benzene rings is 2. The molecule has 5 nitrogen and oxygen atoms in total. The zero-order valence-electron chi connectivity index (χ0n) is 18.7. The number of aryl methyl sites for hydroxylation is 1. The molecule has 32 heavy (non-hydrogen) atoms. The third kappa shape index (κ3) is 4.83. The third-order valence-corrected chi connectivity index (χ3v) is 6.19. The van der Waals surface area contributed by atoms with Crippen LogP contribution in [0.2, 0.25) is 5.02 Å². The van der Waals surface area contributed by atoms with E-state index in [1.165, 1.54) is 5.56 Å². The average molecular weight is 453 g/mol. The molecule has 0 bridgehead atoms. The molecule has 0 aliphatic heterocycles. The van der Waals surface area contributed by atoms with Crippen LogP contribution in [0.4, 0.5) is 0 Å². The molecule has 3 aromatic rings. The van der Waals surface area contributed by atoms with Crippen LogP contribution < -0.4 is 14.8 Å². The Morgan fingerprint density at radius 1 is 1.03 bits per heavy atom. The highest BCUT2D eigenvalue weighted by Gasteiger charge is 2.18. The standard InChI is InChI=1S/C26H29ClN2O3/c1-3-31-23-12-9-17(15-24(23)32-4-2)13-14-28-26(30)18-10-11-20-22(16-18)29-21-8-6-5-7-19(21)25(20)27/h9-12,15-16H,3-8,13-14H2,1-2H3,(H,28,30). The summed E-state index contributed by atoms with van der Waals surface area (Å²) in [6.07, 6.45) is 4.92. The highest BCUT2D eigenvalue weighted by Crippen LogP contribution is 2.33. The van der Waals surface area contributed by atoms with Gasteiger partial charge in [0, 0.05) is 23.2 Å². The fourth-order valence-corrected chi connectivity index (χ4v) is 4.54. The van der Waals surface area contributed by atoms with Gasteiger partial charge in [-0.2, -0.15) is 0 Å². The van der Waals surface area contributed by atoms with Crippen LogP contribution in [0.3, 0.4) is 0 Å². The lowest BCUT2D eigenvalue weighted by atomic mass is 9.94. The number of halogens is 1. The van der Waals surface area contributed by atoms with Crippen LogP contribution in [0, 0.1) is 0 Å². The van der Waals surface area contributed by atoms with Crippen LogP contribution in [0.15, 0.2) is 36.4 Å². The molecular formula is C26H29ClN2O3. The quantitative estimate of drug-likeness (QED) is 0.487. The third-order valence-electron chi connectivity index (χ3n) is 5.76. The van der Waals surface area contributed by atoms with Crippen molar-refractivity contribution in [2.24, 2.45) is 0 Å². The summed E-state index contributed by atoms with van der Waals surface area (Å²) >= 11 is 6.65. The SMILES string of the molecule is CCOc1ccc(CCNC(=O)c2ccc3c(Cl)c4c(nc3c2)CCCC4)cc1OCC. The minimum absolute atomic E-state index is 0.112. The van der Waals surface area contributed by atoms with Gasteiger partial charge in [0.1, 0.15) is 0 Å². The molecule has 1 amide bonds. The van der Waals surface area contributed by atoms with Crippen molar-refractivity contribution in [1.82, 2.24) is 10.3 Å². The summed E-state index contributed by atoms with van der Waals surface area (Å²) in [6.45, 7) is 5.58. The maximum Gasteiger partial charge on any atom is 0.251 e. The van der Waals surface area contributed by atoms with E-state index in [2.05, 4.69) is 5.32 Å². The van der Waals surface area contributed by atoms with E-state index in [1.807, 2.05) is 50.2 Å². The van der Waals surface area contributed by atoms with E-state index >= 15 is 0 Å². The highest BCUT2D eigenvalue weighted by molar-refractivity contribution is 6.36. The summed E-state index contributed by atoms with van der Waals surface area (Å²) in [5.74, 6) is 1.36. The number of rotatable bonds is 8. The second-order valence-corrected chi connectivity index (χ2v) is 8.32. The molecule has 1 aliphatic carbocycles. The summed E-state index contributed by atoms with van der Waals surface area (Å²) in [4.78, 5) is 17.6. The van der Waals surface area contributed by atoms with Crippen molar-refractivity contribution < 1.29 is 14.3 Å². The van der Waals surface area contributed by atoms with Gasteiger partial charge in [-0.1, -0.05) is 23.7 Å². The van der Waals surface area contributed by atoms with Gasteiger partial charge < -0.3 is 14.8 Å². The van der Waals surface area contributed by atoms with Crippen LogP contribution in [-0.2, 0) is 19.3 Å². The van der Waals surface area contributed by atoms with E-state index < -0.39 is 0 Å². The van der Waals surface area contributed by atoms with Crippen LogP contribution >= 0.6 is 11.6 Å². The number of amides is 1. The molecular weight excluding hydrogens is 424 g/mol. The normalized spacial score (nSPS) is 13.0. The van der Waals surface area contributed by atoms with E-state index in [9.17, 15) is 4.79 Å². The minimum Gasteiger partial charge on any atom is -0.490 e. The monoisotopic (exact) mass is 452 g/mol. The van der Waals surface area contributed by atoms with Gasteiger partial charge in [-0.25, -0.2) is 0 Å². The first-order valence-corrected chi connectivity index (χ1v) is 11.8. The molecule has 0 spiro atoms. The summed E-state index contributed by atoms with van der Waals surface area (Å²) in [5, 5.41) is 4.72. The number of hydrogen-bond acceptors (Lipinski definition) is 4. The Labute approximate surface area is 194 Å². The molecule has 168 valence electrons. The van der Waals surface area contributed by atoms with Gasteiger partial charge in [-0.3, -0.25) is 9.78 Å². The zero-order valence-corrected chi connectivity index (χ0v) is 19.4. The number of carbonyl (C=O) groups is 1. The Hall–Kier alpha value is -2.79. The zero-order chi connectivity index (χ0) is 22.5. The Morgan fingerprint density at radius 2 is 1.81 bits per heavy atom. The van der Waals surface area contributed by atoms with Crippen LogP contribution in [0.1, 0.15) is 53.9 Å². The van der Waals surface area contributed by atoms with Crippen molar-refractivity contribution >= 4 is 28.4 Å². The van der Waals surface area contributed by atoms with E-state index in [4.69, 9.17) is 26.1 Å². The first-order chi connectivity index (χ1) is 15.6. The topological polar surface area (TPSA) is 60.5 Å². The van der Waals surface area contributed by atoms with Gasteiger partial charge in [-0.15, -0.1) is 0 Å². The number of nitrogens with one attached hydrogen (secondary N) is 1. The van der Waals surface area contributed by atoms with Gasteiger partial charge in [0.25, 0.3) is 5.91 Å². The van der Waals surface area contributed by atoms with Gasteiger partial charge in [0.05, 0.1) is 23.8 Å². The molecule has 0 unspecified atom stereocenters. The summed E-state index contributed by atoms with van der Waals surface area (Å²) < 4.78 is 11.3. The summed E-state index contributed by atoms with van der Waals surface area (Å²) in [5.41, 5.74) is 4.71. The maximum atomic E-state index is 12.7. The Balaban J connectivity index is 1.43. The Morgan fingerprint density at radius 3 is 2.62 bits per heavy atom. The molecule has 0 radical (unpaired) electrons. The second-order valence-electron chi connectivity index (χ2n) is 7.94. The van der Waals surface area contributed by atoms with E-state index in [0.717, 1.165) is 64.4 Å². The molecule has 0 atom stereocenters. The van der Waals surface area contributed by atoms with Gasteiger partial charge in [0.2, 0.25) is 0 Å². The Kier molecular flexibility index (Phi) is 7.15. The smallest absolute Gasteiger partial charge is 0.251 e. The van der Waals surface area contributed by atoms with Gasteiger partial charge >= 0.3 is 0 Å². The highest BCUT2D eigenvalue weighted by atomic mass is 35.5. The van der Waals surface area contributed by atoms with Crippen molar-refractivity contribution in [3.05, 3.63) is 63.8 Å². The summed E-state index contributed by atoms with van der Waals surface area (Å²) in [6, 6.07) is 11.5. The molecule has 4 rings (SSSR count). The summed E-state index contributed by atoms with van der Waals surface area (Å²) in [7, 11) is 0. The molecule has 1 heterocycles. The molecule has 0 saturated carbocycles. The molecule has 1 aromatic heterocycles. The molecule has 0 saturated heterocycles. The number of pyridine rings is 1. The van der Waals surface area contributed by atoms with E-state index in [0.29, 0.717) is 31.7 Å². The number of carbonyl (C=O) groups excluding carboxylic acids is 1. The van der Waals surface area contributed by atoms with Gasteiger partial charge in [0.15, 0.2) is 11.5 Å². The number of aromatic nitrogens is 1. The van der Waals surface area contributed by atoms with Crippen LogP contribution in [0.25, 0.3) is 10.9 Å².